The van der Waals surface area contributed by atoms with Crippen molar-refractivity contribution in [1.29, 1.82) is 0 Å². The van der Waals surface area contributed by atoms with Crippen molar-refractivity contribution in [2.45, 2.75) is 40.5 Å². The molecule has 0 N–H and O–H groups in total. The van der Waals surface area contributed by atoms with Crippen LogP contribution in [0.15, 0.2) is 47.6 Å². The Bertz CT molecular complexity index is 322. The Hall–Kier alpha value is -1.04. The van der Waals surface area contributed by atoms with E-state index in [4.69, 9.17) is 0 Å². The maximum Gasteiger partial charge on any atom is -0.0285 e. The minimum absolute atomic E-state index is 0.371. The highest BCUT2D eigenvalue weighted by Crippen LogP contribution is 2.27. The summed E-state index contributed by atoms with van der Waals surface area (Å²) in [5.74, 6) is 0. The predicted octanol–water partition coefficient (Wildman–Crippen LogP) is 4.81. The van der Waals surface area contributed by atoms with E-state index >= 15 is 0 Å². The lowest BCUT2D eigenvalue weighted by molar-refractivity contribution is 0.376. The van der Waals surface area contributed by atoms with Crippen LogP contribution in [0.4, 0.5) is 0 Å². The summed E-state index contributed by atoms with van der Waals surface area (Å²) < 4.78 is 0. The lowest BCUT2D eigenvalue weighted by Gasteiger charge is -2.21. The van der Waals surface area contributed by atoms with Crippen LogP contribution in [0.3, 0.4) is 0 Å². The molecule has 0 atom stereocenters. The molecule has 0 radical (unpaired) electrons. The van der Waals surface area contributed by atoms with Gasteiger partial charge in [0, 0.05) is 0 Å². The second-order valence-corrected chi connectivity index (χ2v) is 5.19. The Labute approximate surface area is 94.1 Å². The first-order valence-corrected chi connectivity index (χ1v) is 5.68. The second kappa shape index (κ2) is 5.16. The molecule has 0 bridgehead atoms. The molecule has 0 saturated carbocycles. The molecule has 0 aliphatic heterocycles. The van der Waals surface area contributed by atoms with E-state index in [2.05, 4.69) is 64.2 Å². The van der Waals surface area contributed by atoms with Gasteiger partial charge in [0.25, 0.3) is 0 Å². The van der Waals surface area contributed by atoms with Gasteiger partial charge in [0.15, 0.2) is 0 Å². The fourth-order valence-corrected chi connectivity index (χ4v) is 1.56. The summed E-state index contributed by atoms with van der Waals surface area (Å²) >= 11 is 0. The van der Waals surface area contributed by atoms with Crippen molar-refractivity contribution in [1.82, 2.24) is 0 Å². The molecular weight excluding hydrogens is 180 g/mol. The van der Waals surface area contributed by atoms with Crippen molar-refractivity contribution in [2.24, 2.45) is 5.41 Å². The van der Waals surface area contributed by atoms with E-state index in [0.29, 0.717) is 5.41 Å². The molecule has 0 aromatic heterocycles. The van der Waals surface area contributed by atoms with Gasteiger partial charge in [-0.25, -0.2) is 0 Å². The molecular formula is C15H22. The first-order chi connectivity index (χ1) is 6.99. The topological polar surface area (TPSA) is 0 Å². The van der Waals surface area contributed by atoms with Gasteiger partial charge >= 0.3 is 0 Å². The molecule has 0 saturated heterocycles. The van der Waals surface area contributed by atoms with Gasteiger partial charge in [-0.3, -0.25) is 0 Å². The number of rotatable bonds is 0. The van der Waals surface area contributed by atoms with E-state index in [1.165, 1.54) is 11.1 Å². The average Bonchev–Trinajstić information content (AvgIpc) is 2.15. The van der Waals surface area contributed by atoms with E-state index in [0.717, 1.165) is 12.8 Å². The zero-order valence-corrected chi connectivity index (χ0v) is 10.4. The molecule has 0 unspecified atom stereocenters. The van der Waals surface area contributed by atoms with Crippen LogP contribution in [-0.4, -0.2) is 0 Å². The van der Waals surface area contributed by atoms with E-state index < -0.39 is 0 Å². The monoisotopic (exact) mass is 202 g/mol. The zero-order chi connectivity index (χ0) is 11.3. The van der Waals surface area contributed by atoms with Gasteiger partial charge in [-0.05, 0) is 32.1 Å². The Morgan fingerprint density at radius 2 is 1.73 bits per heavy atom. The Kier molecular flexibility index (Phi) is 4.14. The lowest BCUT2D eigenvalue weighted by atomic mass is 9.85. The molecule has 1 aliphatic rings. The van der Waals surface area contributed by atoms with E-state index in [9.17, 15) is 0 Å². The molecule has 0 spiro atoms. The first-order valence-electron chi connectivity index (χ1n) is 5.68. The molecule has 0 nitrogen and oxygen atoms in total. The van der Waals surface area contributed by atoms with Crippen LogP contribution in [0.1, 0.15) is 40.5 Å². The van der Waals surface area contributed by atoms with E-state index in [1.807, 2.05) is 0 Å². The van der Waals surface area contributed by atoms with Crippen molar-refractivity contribution in [3.8, 4) is 0 Å². The van der Waals surface area contributed by atoms with Gasteiger partial charge in [0.1, 0.15) is 0 Å². The second-order valence-electron chi connectivity index (χ2n) is 5.19. The third kappa shape index (κ3) is 4.83. The maximum atomic E-state index is 2.33. The van der Waals surface area contributed by atoms with Crippen LogP contribution in [0.2, 0.25) is 0 Å². The van der Waals surface area contributed by atoms with Gasteiger partial charge in [0.05, 0.1) is 0 Å². The Morgan fingerprint density at radius 1 is 1.00 bits per heavy atom. The largest absolute Gasteiger partial charge is 0.0837 e. The summed E-state index contributed by atoms with van der Waals surface area (Å²) in [5.41, 5.74) is 3.04. The van der Waals surface area contributed by atoms with E-state index in [-0.39, 0.29) is 0 Å². The highest BCUT2D eigenvalue weighted by atomic mass is 14.2. The van der Waals surface area contributed by atoms with Crippen LogP contribution in [0.5, 0.6) is 0 Å². The molecule has 1 aliphatic carbocycles. The highest BCUT2D eigenvalue weighted by Gasteiger charge is 2.13. The van der Waals surface area contributed by atoms with Gasteiger partial charge in [-0.15, -0.1) is 0 Å². The molecule has 0 amide bonds. The normalized spacial score (nSPS) is 27.2. The minimum atomic E-state index is 0.371. The van der Waals surface area contributed by atoms with E-state index in [1.54, 1.807) is 0 Å². The molecule has 0 aromatic rings. The van der Waals surface area contributed by atoms with Gasteiger partial charge < -0.3 is 0 Å². The van der Waals surface area contributed by atoms with Crippen LogP contribution in [0, 0.1) is 5.41 Å². The first kappa shape index (κ1) is 12.0. The summed E-state index contributed by atoms with van der Waals surface area (Å²) in [6.07, 6.45) is 15.6. The quantitative estimate of drug-likeness (QED) is 0.528. The molecule has 0 aromatic carbocycles. The molecule has 15 heavy (non-hydrogen) atoms. The summed E-state index contributed by atoms with van der Waals surface area (Å²) in [7, 11) is 0. The van der Waals surface area contributed by atoms with Gasteiger partial charge in [-0.2, -0.15) is 0 Å². The number of hydrogen-bond donors (Lipinski definition) is 0. The maximum absolute atomic E-state index is 2.33. The smallest absolute Gasteiger partial charge is 0.0285 e. The average molecular weight is 202 g/mol. The van der Waals surface area contributed by atoms with Gasteiger partial charge in [-0.1, -0.05) is 61.4 Å². The molecule has 0 fully saturated rings. The molecule has 1 rings (SSSR count). The standard InChI is InChI=1S/C15H22/c1-13-7-5-8-14(2)10-12-15(3,4)11-6-9-13/h5-10H,11-12H2,1-4H3/b8-5-,9-6?,13-7?,14-10+. The predicted molar refractivity (Wildman–Crippen MR) is 68.8 cm³/mol. The van der Waals surface area contributed by atoms with Gasteiger partial charge in [0.2, 0.25) is 0 Å². The lowest BCUT2D eigenvalue weighted by Crippen LogP contribution is -2.08. The highest BCUT2D eigenvalue weighted by molar-refractivity contribution is 5.27. The van der Waals surface area contributed by atoms with Crippen LogP contribution in [-0.2, 0) is 0 Å². The third-order valence-electron chi connectivity index (χ3n) is 2.75. The summed E-state index contributed by atoms with van der Waals surface area (Å²) in [4.78, 5) is 0. The Balaban J connectivity index is 2.90. The van der Waals surface area contributed by atoms with Crippen LogP contribution < -0.4 is 0 Å². The zero-order valence-electron chi connectivity index (χ0n) is 10.4. The SMILES string of the molecule is CC1=C/C=C\C(C)=C\CC(C)(C)CC=C1. The molecule has 0 heterocycles. The Morgan fingerprint density at radius 3 is 2.47 bits per heavy atom. The fraction of sp³-hybridized carbons (Fsp3) is 0.467. The molecule has 82 valence electrons. The fourth-order valence-electron chi connectivity index (χ4n) is 1.56. The van der Waals surface area contributed by atoms with Crippen molar-refractivity contribution in [2.75, 3.05) is 0 Å². The van der Waals surface area contributed by atoms with Crippen molar-refractivity contribution < 1.29 is 0 Å². The summed E-state index contributed by atoms with van der Waals surface area (Å²) in [5, 5.41) is 0. The third-order valence-corrected chi connectivity index (χ3v) is 2.75. The molecule has 0 heteroatoms. The summed E-state index contributed by atoms with van der Waals surface area (Å²) in [6, 6.07) is 0. The van der Waals surface area contributed by atoms with Crippen LogP contribution >= 0.6 is 0 Å². The minimum Gasteiger partial charge on any atom is -0.0837 e. The van der Waals surface area contributed by atoms with Crippen LogP contribution in [0.25, 0.3) is 0 Å². The van der Waals surface area contributed by atoms with Crippen molar-refractivity contribution in [3.63, 3.8) is 0 Å². The number of allylic oxidation sites excluding steroid dienone is 8. The number of hydrogen-bond acceptors (Lipinski definition) is 0. The summed E-state index contributed by atoms with van der Waals surface area (Å²) in [6.45, 7) is 8.95. The van der Waals surface area contributed by atoms with Crippen molar-refractivity contribution >= 4 is 0 Å². The van der Waals surface area contributed by atoms with Crippen molar-refractivity contribution in [3.05, 3.63) is 47.6 Å².